The van der Waals surface area contributed by atoms with Crippen molar-refractivity contribution < 1.29 is 32.5 Å². The summed E-state index contributed by atoms with van der Waals surface area (Å²) < 4.78 is 45.6. The number of anilines is 1. The van der Waals surface area contributed by atoms with E-state index in [2.05, 4.69) is 4.74 Å². The number of carboxylic acids is 1. The van der Waals surface area contributed by atoms with Crippen molar-refractivity contribution in [3.05, 3.63) is 35.8 Å². The monoisotopic (exact) mass is 362 g/mol. The fraction of sp³-hybridized carbons (Fsp3) is 0.357. The van der Waals surface area contributed by atoms with Crippen molar-refractivity contribution in [1.82, 2.24) is 5.43 Å². The first-order valence-corrected chi connectivity index (χ1v) is 7.16. The molecule has 0 spiro atoms. The van der Waals surface area contributed by atoms with Gasteiger partial charge in [-0.15, -0.1) is 13.2 Å². The number of hydrogen-bond acceptors (Lipinski definition) is 7. The van der Waals surface area contributed by atoms with Crippen molar-refractivity contribution in [1.29, 1.82) is 0 Å². The number of halogens is 3. The van der Waals surface area contributed by atoms with Crippen LogP contribution in [0.15, 0.2) is 35.8 Å². The van der Waals surface area contributed by atoms with Gasteiger partial charge in [-0.2, -0.15) is 0 Å². The Bertz CT molecular complexity index is 648. The van der Waals surface area contributed by atoms with E-state index in [1.165, 1.54) is 24.3 Å². The van der Waals surface area contributed by atoms with Gasteiger partial charge in [-0.25, -0.2) is 4.79 Å². The average Bonchev–Trinajstić information content (AvgIpc) is 2.95. The van der Waals surface area contributed by atoms with Crippen LogP contribution in [0.25, 0.3) is 0 Å². The largest absolute Gasteiger partial charge is 0.573 e. The molecule has 1 aliphatic heterocycles. The number of rotatable bonds is 6. The number of nitrogens with zero attached hydrogens (tertiary/aromatic N) is 1. The van der Waals surface area contributed by atoms with E-state index in [0.29, 0.717) is 25.2 Å². The molecule has 0 amide bonds. The molecule has 6 N–H and O–H groups in total. The molecule has 1 aromatic rings. The normalized spacial score (nSPS) is 18.6. The van der Waals surface area contributed by atoms with Gasteiger partial charge in [0.2, 0.25) is 5.88 Å². The number of ether oxygens (including phenoxy) is 2. The molecule has 0 bridgehead atoms. The highest BCUT2D eigenvalue weighted by Gasteiger charge is 2.31. The minimum atomic E-state index is -4.74. The first-order valence-electron chi connectivity index (χ1n) is 7.16. The highest BCUT2D eigenvalue weighted by atomic mass is 19.4. The quantitative estimate of drug-likeness (QED) is 0.254. The molecule has 0 radical (unpaired) electrons. The van der Waals surface area contributed by atoms with Gasteiger partial charge in [-0.1, -0.05) is 0 Å². The number of nitrogens with one attached hydrogen (secondary N) is 1. The van der Waals surface area contributed by atoms with Crippen LogP contribution in [0.1, 0.15) is 6.42 Å². The highest BCUT2D eigenvalue weighted by molar-refractivity contribution is 5.86. The van der Waals surface area contributed by atoms with Crippen LogP contribution in [0.3, 0.4) is 0 Å². The molecular weight excluding hydrogens is 345 g/mol. The molecule has 8 nitrogen and oxygen atoms in total. The van der Waals surface area contributed by atoms with E-state index < -0.39 is 18.0 Å². The summed E-state index contributed by atoms with van der Waals surface area (Å²) >= 11 is 0. The summed E-state index contributed by atoms with van der Waals surface area (Å²) in [5.74, 6) is 3.08. The molecule has 0 aromatic heterocycles. The van der Waals surface area contributed by atoms with Crippen LogP contribution in [0, 0.1) is 0 Å². The van der Waals surface area contributed by atoms with E-state index in [1.807, 2.05) is 10.3 Å². The zero-order chi connectivity index (χ0) is 18.6. The smallest absolute Gasteiger partial charge is 0.476 e. The van der Waals surface area contributed by atoms with Gasteiger partial charge >= 0.3 is 12.3 Å². The minimum absolute atomic E-state index is 0.310. The third kappa shape index (κ3) is 5.08. The van der Waals surface area contributed by atoms with Crippen molar-refractivity contribution in [3.63, 3.8) is 0 Å². The molecule has 1 saturated heterocycles. The predicted octanol–water partition coefficient (Wildman–Crippen LogP) is 0.856. The van der Waals surface area contributed by atoms with Gasteiger partial charge < -0.3 is 30.6 Å². The first kappa shape index (κ1) is 18.5. The van der Waals surface area contributed by atoms with Gasteiger partial charge in [0, 0.05) is 18.7 Å². The second kappa shape index (κ2) is 7.38. The Morgan fingerprint density at radius 2 is 1.96 bits per heavy atom. The number of hydrazine groups is 1. The zero-order valence-corrected chi connectivity index (χ0v) is 12.9. The van der Waals surface area contributed by atoms with Crippen molar-refractivity contribution in [2.45, 2.75) is 18.9 Å². The molecule has 0 saturated carbocycles. The third-order valence-electron chi connectivity index (χ3n) is 3.48. The lowest BCUT2D eigenvalue weighted by Gasteiger charge is -2.20. The molecule has 0 aliphatic carbocycles. The fourth-order valence-corrected chi connectivity index (χ4v) is 2.39. The van der Waals surface area contributed by atoms with Crippen LogP contribution < -0.4 is 26.6 Å². The number of carboxylic acid groups (broad SMARTS) is 1. The Labute approximate surface area is 140 Å². The lowest BCUT2D eigenvalue weighted by molar-refractivity contribution is -0.274. The molecule has 1 fully saturated rings. The van der Waals surface area contributed by atoms with Crippen molar-refractivity contribution in [3.8, 4) is 5.75 Å². The van der Waals surface area contributed by atoms with Crippen LogP contribution in [0.2, 0.25) is 0 Å². The van der Waals surface area contributed by atoms with Crippen LogP contribution in [0.5, 0.6) is 5.75 Å². The van der Waals surface area contributed by atoms with Gasteiger partial charge in [0.15, 0.2) is 5.70 Å². The summed E-state index contributed by atoms with van der Waals surface area (Å²) in [5.41, 5.74) is 7.75. The molecule has 1 unspecified atom stereocenters. The molecule has 1 heterocycles. The number of hydrogen-bond donors (Lipinski definition) is 4. The maximum atomic E-state index is 12.1. The van der Waals surface area contributed by atoms with Gasteiger partial charge in [-0.3, -0.25) is 5.84 Å². The second-order valence-corrected chi connectivity index (χ2v) is 5.20. The number of alkyl halides is 3. The summed E-state index contributed by atoms with van der Waals surface area (Å²) in [6.07, 6.45) is -4.57. The Balaban J connectivity index is 1.97. The van der Waals surface area contributed by atoms with Crippen molar-refractivity contribution >= 4 is 11.7 Å². The number of carbonyl (C=O) groups is 1. The van der Waals surface area contributed by atoms with E-state index in [1.54, 1.807) is 0 Å². The van der Waals surface area contributed by atoms with Crippen molar-refractivity contribution in [2.75, 3.05) is 18.0 Å². The van der Waals surface area contributed by atoms with Gasteiger partial charge in [0.05, 0.1) is 6.54 Å². The Morgan fingerprint density at radius 1 is 1.32 bits per heavy atom. The average molecular weight is 362 g/mol. The maximum absolute atomic E-state index is 12.1. The summed E-state index contributed by atoms with van der Waals surface area (Å²) in [5, 5.41) is 8.89. The van der Waals surface area contributed by atoms with Crippen LogP contribution in [-0.2, 0) is 9.53 Å². The number of nitrogens with two attached hydrogens (primary N) is 2. The van der Waals surface area contributed by atoms with Gasteiger partial charge in [-0.05, 0) is 24.3 Å². The Kier molecular flexibility index (Phi) is 5.47. The van der Waals surface area contributed by atoms with E-state index in [4.69, 9.17) is 21.4 Å². The molecule has 25 heavy (non-hydrogen) atoms. The molecule has 1 aliphatic rings. The first-order chi connectivity index (χ1) is 11.7. The van der Waals surface area contributed by atoms with Crippen LogP contribution in [-0.4, -0.2) is 36.6 Å². The van der Waals surface area contributed by atoms with E-state index in [0.717, 1.165) is 0 Å². The third-order valence-corrected chi connectivity index (χ3v) is 3.48. The van der Waals surface area contributed by atoms with E-state index in [9.17, 15) is 18.0 Å². The zero-order valence-electron chi connectivity index (χ0n) is 12.9. The number of benzene rings is 1. The highest BCUT2D eigenvalue weighted by Crippen LogP contribution is 2.27. The van der Waals surface area contributed by atoms with Gasteiger partial charge in [0.1, 0.15) is 11.9 Å². The number of aliphatic carboxylic acids is 1. The molecule has 1 atom stereocenters. The summed E-state index contributed by atoms with van der Waals surface area (Å²) in [6, 6.07) is 5.41. The predicted molar refractivity (Wildman–Crippen MR) is 81.0 cm³/mol. The SMILES string of the molecule is NN/C(C(=O)O)=C(\N)OC1CCN(c2ccc(OC(F)(F)F)cc2)C1. The second-order valence-electron chi connectivity index (χ2n) is 5.20. The van der Waals surface area contributed by atoms with Crippen LogP contribution >= 0.6 is 0 Å². The van der Waals surface area contributed by atoms with E-state index in [-0.39, 0.29) is 17.7 Å². The maximum Gasteiger partial charge on any atom is 0.573 e. The standard InChI is InChI=1S/C14H17F3N4O4/c15-14(16,17)25-9-3-1-8(2-4-9)21-6-5-10(7-21)24-12(18)11(20-19)13(22)23/h1-4,10,20H,5-7,18-19H2,(H,22,23)/b12-11+. The molecule has 1 aromatic carbocycles. The molecule has 2 rings (SSSR count). The molecular formula is C14H17F3N4O4. The van der Waals surface area contributed by atoms with E-state index >= 15 is 0 Å². The lowest BCUT2D eigenvalue weighted by atomic mass is 10.3. The van der Waals surface area contributed by atoms with Crippen LogP contribution in [0.4, 0.5) is 18.9 Å². The van der Waals surface area contributed by atoms with Crippen molar-refractivity contribution in [2.24, 2.45) is 11.6 Å². The fourth-order valence-electron chi connectivity index (χ4n) is 2.39. The summed E-state index contributed by atoms with van der Waals surface area (Å²) in [6.45, 7) is 0.952. The Morgan fingerprint density at radius 3 is 2.48 bits per heavy atom. The van der Waals surface area contributed by atoms with Gasteiger partial charge in [0.25, 0.3) is 0 Å². The minimum Gasteiger partial charge on any atom is -0.476 e. The topological polar surface area (TPSA) is 123 Å². The molecule has 138 valence electrons. The summed E-state index contributed by atoms with van der Waals surface area (Å²) in [7, 11) is 0. The Hall–Kier alpha value is -2.82. The lowest BCUT2D eigenvalue weighted by Crippen LogP contribution is -2.32. The molecule has 11 heteroatoms. The summed E-state index contributed by atoms with van der Waals surface area (Å²) in [4.78, 5) is 12.8.